The van der Waals surface area contributed by atoms with Crippen molar-refractivity contribution < 1.29 is 9.47 Å². The van der Waals surface area contributed by atoms with Crippen LogP contribution >= 0.6 is 0 Å². The highest BCUT2D eigenvalue weighted by molar-refractivity contribution is 4.53. The van der Waals surface area contributed by atoms with Crippen molar-refractivity contribution in [1.82, 2.24) is 5.32 Å². The van der Waals surface area contributed by atoms with Gasteiger partial charge in [0.1, 0.15) is 6.23 Å². The van der Waals surface area contributed by atoms with E-state index in [1.165, 1.54) is 0 Å². The molecule has 48 valence electrons. The maximum absolute atomic E-state index is 5.19. The Balaban J connectivity index is 2.13. The molecule has 0 spiro atoms. The quantitative estimate of drug-likeness (QED) is 0.506. The molecule has 1 heterocycles. The van der Waals surface area contributed by atoms with E-state index in [0.29, 0.717) is 13.2 Å². The maximum atomic E-state index is 5.19. The lowest BCUT2D eigenvalue weighted by Gasteiger charge is -2.21. The third-order valence-corrected chi connectivity index (χ3v) is 1.14. The van der Waals surface area contributed by atoms with E-state index < -0.39 is 0 Å². The maximum Gasteiger partial charge on any atom is 0.131 e. The van der Waals surface area contributed by atoms with E-state index in [1.807, 2.05) is 7.05 Å². The van der Waals surface area contributed by atoms with E-state index >= 15 is 0 Å². The minimum absolute atomic E-state index is 0.115. The summed E-state index contributed by atoms with van der Waals surface area (Å²) in [7, 11) is 1.86. The molecule has 0 aliphatic carbocycles. The number of nitrogens with one attached hydrogen (secondary N) is 1. The fourth-order valence-corrected chi connectivity index (χ4v) is 0.654. The van der Waals surface area contributed by atoms with Crippen LogP contribution in [0.1, 0.15) is 0 Å². The Hall–Kier alpha value is -0.120. The molecule has 1 atom stereocenters. The van der Waals surface area contributed by atoms with Crippen LogP contribution in [0.5, 0.6) is 0 Å². The van der Waals surface area contributed by atoms with Crippen LogP contribution in [0.25, 0.3) is 0 Å². The van der Waals surface area contributed by atoms with Gasteiger partial charge in [-0.05, 0) is 7.05 Å². The fourth-order valence-electron chi connectivity index (χ4n) is 0.654. The van der Waals surface area contributed by atoms with Gasteiger partial charge < -0.3 is 9.47 Å². The molecule has 3 heteroatoms. The van der Waals surface area contributed by atoms with Crippen molar-refractivity contribution in [2.45, 2.75) is 6.23 Å². The molecule has 0 aromatic carbocycles. The average Bonchev–Trinajstić information content (AvgIpc) is 1.90. The highest BCUT2D eigenvalue weighted by Crippen LogP contribution is 1.94. The lowest BCUT2D eigenvalue weighted by atomic mass is 10.5. The first-order valence-corrected chi connectivity index (χ1v) is 2.80. The Labute approximate surface area is 49.0 Å². The van der Waals surface area contributed by atoms with Gasteiger partial charge in [0.25, 0.3) is 0 Å². The Morgan fingerprint density at radius 2 is 2.38 bits per heavy atom. The third kappa shape index (κ3) is 1.43. The third-order valence-electron chi connectivity index (χ3n) is 1.14. The van der Waals surface area contributed by atoms with Crippen LogP contribution in [-0.4, -0.2) is 33.1 Å². The van der Waals surface area contributed by atoms with Crippen LogP contribution in [0.2, 0.25) is 0 Å². The zero-order chi connectivity index (χ0) is 5.82. The monoisotopic (exact) mass is 117 g/mol. The molecule has 8 heavy (non-hydrogen) atoms. The normalized spacial score (nSPS) is 30.4. The van der Waals surface area contributed by atoms with Crippen molar-refractivity contribution in [2.24, 2.45) is 0 Å². The summed E-state index contributed by atoms with van der Waals surface area (Å²) in [5.41, 5.74) is 0. The summed E-state index contributed by atoms with van der Waals surface area (Å²) in [6.07, 6.45) is 0.115. The Morgan fingerprint density at radius 3 is 2.75 bits per heavy atom. The highest BCUT2D eigenvalue weighted by atomic mass is 16.6. The molecule has 1 N–H and O–H groups in total. The lowest BCUT2D eigenvalue weighted by Crippen LogP contribution is -2.38. The summed E-state index contributed by atoms with van der Waals surface area (Å²) in [5.74, 6) is 0. The van der Waals surface area contributed by atoms with Gasteiger partial charge >= 0.3 is 0 Å². The first-order valence-electron chi connectivity index (χ1n) is 2.80. The van der Waals surface area contributed by atoms with Gasteiger partial charge in [-0.2, -0.15) is 0 Å². The number of hydrogen-bond donors (Lipinski definition) is 1. The van der Waals surface area contributed by atoms with Crippen molar-refractivity contribution in [1.29, 1.82) is 0 Å². The number of likely N-dealkylation sites (N-methyl/N-ethyl adjacent to an activating group) is 1. The summed E-state index contributed by atoms with van der Waals surface area (Å²) in [6, 6.07) is 0. The van der Waals surface area contributed by atoms with Crippen LogP contribution in [-0.2, 0) is 9.47 Å². The van der Waals surface area contributed by atoms with Crippen molar-refractivity contribution in [3.8, 4) is 0 Å². The second-order valence-electron chi connectivity index (χ2n) is 1.72. The van der Waals surface area contributed by atoms with Crippen molar-refractivity contribution in [3.05, 3.63) is 0 Å². The highest BCUT2D eigenvalue weighted by Gasteiger charge is 2.09. The first-order chi connectivity index (χ1) is 3.93. The predicted molar refractivity (Wildman–Crippen MR) is 29.6 cm³/mol. The van der Waals surface area contributed by atoms with Gasteiger partial charge in [0.15, 0.2) is 0 Å². The van der Waals surface area contributed by atoms with Crippen LogP contribution in [0.4, 0.5) is 0 Å². The van der Waals surface area contributed by atoms with Gasteiger partial charge in [-0.1, -0.05) is 0 Å². The van der Waals surface area contributed by atoms with Crippen molar-refractivity contribution >= 4 is 0 Å². The van der Waals surface area contributed by atoms with E-state index in [-0.39, 0.29) is 6.23 Å². The van der Waals surface area contributed by atoms with Gasteiger partial charge in [-0.3, -0.25) is 5.32 Å². The molecule has 0 bridgehead atoms. The number of ether oxygens (including phenoxy) is 2. The lowest BCUT2D eigenvalue weighted by molar-refractivity contribution is -0.0984. The molecule has 1 rings (SSSR count). The minimum Gasteiger partial charge on any atom is -0.375 e. The molecule has 0 unspecified atom stereocenters. The molecule has 1 aliphatic rings. The van der Waals surface area contributed by atoms with E-state index in [9.17, 15) is 0 Å². The summed E-state index contributed by atoms with van der Waals surface area (Å²) in [4.78, 5) is 0. The average molecular weight is 117 g/mol. The summed E-state index contributed by atoms with van der Waals surface area (Å²) in [6.45, 7) is 2.13. The first kappa shape index (κ1) is 6.01. The molecule has 0 radical (unpaired) electrons. The molecule has 1 fully saturated rings. The molecular formula is C5H11NO2. The molecular weight excluding hydrogens is 106 g/mol. The summed E-state index contributed by atoms with van der Waals surface area (Å²) < 4.78 is 10.3. The zero-order valence-corrected chi connectivity index (χ0v) is 5.02. The van der Waals surface area contributed by atoms with Crippen LogP contribution in [0.15, 0.2) is 0 Å². The van der Waals surface area contributed by atoms with Crippen molar-refractivity contribution in [3.63, 3.8) is 0 Å². The number of rotatable bonds is 1. The zero-order valence-electron chi connectivity index (χ0n) is 5.02. The molecule has 1 saturated heterocycles. The van der Waals surface area contributed by atoms with E-state index in [4.69, 9.17) is 9.47 Å². The molecule has 0 aromatic heterocycles. The Bertz CT molecular complexity index is 61.4. The van der Waals surface area contributed by atoms with E-state index in [2.05, 4.69) is 5.32 Å². The Morgan fingerprint density at radius 1 is 1.50 bits per heavy atom. The van der Waals surface area contributed by atoms with Crippen molar-refractivity contribution in [2.75, 3.05) is 26.9 Å². The molecule has 0 amide bonds. The minimum atomic E-state index is 0.115. The van der Waals surface area contributed by atoms with Crippen LogP contribution in [0.3, 0.4) is 0 Å². The largest absolute Gasteiger partial charge is 0.375 e. The SMILES string of the molecule is CN[C@@H]1COCCO1. The van der Waals surface area contributed by atoms with Gasteiger partial charge in [-0.25, -0.2) is 0 Å². The van der Waals surface area contributed by atoms with Gasteiger partial charge in [0, 0.05) is 0 Å². The van der Waals surface area contributed by atoms with Crippen LogP contribution in [0, 0.1) is 0 Å². The van der Waals surface area contributed by atoms with Crippen LogP contribution < -0.4 is 5.32 Å². The van der Waals surface area contributed by atoms with E-state index in [0.717, 1.165) is 6.61 Å². The molecule has 0 aromatic rings. The smallest absolute Gasteiger partial charge is 0.131 e. The van der Waals surface area contributed by atoms with Gasteiger partial charge in [0.05, 0.1) is 19.8 Å². The molecule has 0 saturated carbocycles. The predicted octanol–water partition coefficient (Wildman–Crippen LogP) is -0.421. The Kier molecular flexibility index (Phi) is 2.27. The second kappa shape index (κ2) is 3.02. The second-order valence-corrected chi connectivity index (χ2v) is 1.72. The fraction of sp³-hybridized carbons (Fsp3) is 1.00. The number of hydrogen-bond acceptors (Lipinski definition) is 3. The molecule has 3 nitrogen and oxygen atoms in total. The standard InChI is InChI=1S/C5H11NO2/c1-6-5-4-7-2-3-8-5/h5-6H,2-4H2,1H3/t5-/m0/s1. The summed E-state index contributed by atoms with van der Waals surface area (Å²) in [5, 5.41) is 2.96. The molecule has 1 aliphatic heterocycles. The van der Waals surface area contributed by atoms with Gasteiger partial charge in [-0.15, -0.1) is 0 Å². The topological polar surface area (TPSA) is 30.5 Å². The van der Waals surface area contributed by atoms with E-state index in [1.54, 1.807) is 0 Å². The summed E-state index contributed by atoms with van der Waals surface area (Å²) >= 11 is 0. The van der Waals surface area contributed by atoms with Gasteiger partial charge in [0.2, 0.25) is 0 Å².